The van der Waals surface area contributed by atoms with E-state index >= 15 is 0 Å². The smallest absolute Gasteiger partial charge is 0.251 e. The van der Waals surface area contributed by atoms with Crippen molar-refractivity contribution in [2.24, 2.45) is 11.7 Å². The van der Waals surface area contributed by atoms with E-state index in [1.807, 2.05) is 0 Å². The lowest BCUT2D eigenvalue weighted by molar-refractivity contribution is 0.0933. The number of methoxy groups -OCH3 is 2. The molecule has 5 nitrogen and oxygen atoms in total. The van der Waals surface area contributed by atoms with Crippen LogP contribution >= 0.6 is 12.4 Å². The summed E-state index contributed by atoms with van der Waals surface area (Å²) in [6, 6.07) is 5.19. The molecule has 0 heterocycles. The maximum absolute atomic E-state index is 12.2. The maximum Gasteiger partial charge on any atom is 0.251 e. The van der Waals surface area contributed by atoms with Gasteiger partial charge in [-0.05, 0) is 37.0 Å². The fourth-order valence-electron chi connectivity index (χ4n) is 2.10. The minimum atomic E-state index is -0.122. The van der Waals surface area contributed by atoms with E-state index < -0.39 is 0 Å². The Morgan fingerprint density at radius 3 is 2.50 bits per heavy atom. The van der Waals surface area contributed by atoms with Crippen LogP contribution in [0.3, 0.4) is 0 Å². The number of hydrogen-bond acceptors (Lipinski definition) is 4. The van der Waals surface area contributed by atoms with Gasteiger partial charge in [-0.1, -0.05) is 0 Å². The number of ether oxygens (including phenoxy) is 2. The third-order valence-electron chi connectivity index (χ3n) is 3.41. The van der Waals surface area contributed by atoms with Crippen molar-refractivity contribution in [3.8, 4) is 11.5 Å². The van der Waals surface area contributed by atoms with Crippen LogP contribution in [0.15, 0.2) is 18.2 Å². The van der Waals surface area contributed by atoms with Gasteiger partial charge in [-0.25, -0.2) is 0 Å². The van der Waals surface area contributed by atoms with Crippen molar-refractivity contribution in [1.29, 1.82) is 0 Å². The Bertz CT molecular complexity index is 464. The molecule has 6 heteroatoms. The molecule has 0 spiro atoms. The van der Waals surface area contributed by atoms with Crippen LogP contribution in [-0.4, -0.2) is 32.7 Å². The van der Waals surface area contributed by atoms with E-state index in [1.165, 1.54) is 0 Å². The molecule has 1 aliphatic carbocycles. The van der Waals surface area contributed by atoms with E-state index in [4.69, 9.17) is 15.2 Å². The summed E-state index contributed by atoms with van der Waals surface area (Å²) in [6.45, 7) is 0.476. The van der Waals surface area contributed by atoms with Gasteiger partial charge in [0.05, 0.1) is 14.2 Å². The number of nitrogens with one attached hydrogen (secondary N) is 1. The fraction of sp³-hybridized carbons (Fsp3) is 0.500. The second-order valence-corrected chi connectivity index (χ2v) is 4.72. The summed E-state index contributed by atoms with van der Waals surface area (Å²) in [7, 11) is 3.11. The predicted molar refractivity (Wildman–Crippen MR) is 79.8 cm³/mol. The number of halogens is 1. The fourth-order valence-corrected chi connectivity index (χ4v) is 2.10. The van der Waals surface area contributed by atoms with Gasteiger partial charge in [0, 0.05) is 18.2 Å². The van der Waals surface area contributed by atoms with E-state index in [0.29, 0.717) is 29.5 Å². The number of amides is 1. The van der Waals surface area contributed by atoms with Crippen molar-refractivity contribution in [1.82, 2.24) is 5.32 Å². The van der Waals surface area contributed by atoms with E-state index in [1.54, 1.807) is 32.4 Å². The predicted octanol–water partition coefficient (Wildman–Crippen LogP) is 1.59. The van der Waals surface area contributed by atoms with Crippen LogP contribution in [0.25, 0.3) is 0 Å². The Morgan fingerprint density at radius 2 is 2.00 bits per heavy atom. The van der Waals surface area contributed by atoms with Gasteiger partial charge in [0.25, 0.3) is 5.91 Å². The van der Waals surface area contributed by atoms with E-state index in [9.17, 15) is 4.79 Å². The topological polar surface area (TPSA) is 73.6 Å². The number of hydrogen-bond donors (Lipinski definition) is 2. The normalized spacial score (nSPS) is 14.9. The highest BCUT2D eigenvalue weighted by molar-refractivity contribution is 5.95. The Balaban J connectivity index is 0.00000200. The summed E-state index contributed by atoms with van der Waals surface area (Å²) in [4.78, 5) is 12.2. The molecule has 112 valence electrons. The number of carbonyl (C=O) groups excluding carboxylic acids is 1. The van der Waals surface area contributed by atoms with E-state index in [-0.39, 0.29) is 24.4 Å². The number of rotatable bonds is 6. The van der Waals surface area contributed by atoms with Crippen molar-refractivity contribution in [2.75, 3.05) is 20.8 Å². The summed E-state index contributed by atoms with van der Waals surface area (Å²) in [5, 5.41) is 2.97. The molecule has 20 heavy (non-hydrogen) atoms. The largest absolute Gasteiger partial charge is 0.493 e. The highest BCUT2D eigenvalue weighted by atomic mass is 35.5. The third-order valence-corrected chi connectivity index (χ3v) is 3.41. The van der Waals surface area contributed by atoms with Gasteiger partial charge in [-0.3, -0.25) is 4.79 Å². The van der Waals surface area contributed by atoms with Crippen LogP contribution in [0.1, 0.15) is 23.2 Å². The van der Waals surface area contributed by atoms with Gasteiger partial charge in [0.15, 0.2) is 11.5 Å². The standard InChI is InChI=1S/C14H20N2O3.ClH/c1-18-12-6-5-10(7-13(12)19-2)14(17)16-11(8-15)9-3-4-9;/h5-7,9,11H,3-4,8,15H2,1-2H3,(H,16,17);1H. The molecule has 1 amide bonds. The molecule has 0 aliphatic heterocycles. The molecule has 1 unspecified atom stereocenters. The molecule has 1 aliphatic rings. The Morgan fingerprint density at radius 1 is 1.35 bits per heavy atom. The van der Waals surface area contributed by atoms with Crippen LogP contribution < -0.4 is 20.5 Å². The highest BCUT2D eigenvalue weighted by Gasteiger charge is 2.31. The van der Waals surface area contributed by atoms with Crippen molar-refractivity contribution in [3.05, 3.63) is 23.8 Å². The van der Waals surface area contributed by atoms with Gasteiger partial charge in [-0.2, -0.15) is 0 Å². The summed E-state index contributed by atoms with van der Waals surface area (Å²) in [5.74, 6) is 1.57. The molecular formula is C14H21ClN2O3. The average molecular weight is 301 g/mol. The molecule has 2 rings (SSSR count). The van der Waals surface area contributed by atoms with Crippen LogP contribution in [0.5, 0.6) is 11.5 Å². The molecule has 1 saturated carbocycles. The first-order valence-corrected chi connectivity index (χ1v) is 6.42. The zero-order chi connectivity index (χ0) is 13.8. The van der Waals surface area contributed by atoms with Crippen LogP contribution in [0, 0.1) is 5.92 Å². The molecule has 0 saturated heterocycles. The first-order valence-electron chi connectivity index (χ1n) is 6.42. The molecule has 1 fully saturated rings. The molecule has 3 N–H and O–H groups in total. The zero-order valence-corrected chi connectivity index (χ0v) is 12.5. The van der Waals surface area contributed by atoms with E-state index in [2.05, 4.69) is 5.32 Å². The Hall–Kier alpha value is -1.46. The minimum absolute atomic E-state index is 0. The van der Waals surface area contributed by atoms with Crippen molar-refractivity contribution >= 4 is 18.3 Å². The zero-order valence-electron chi connectivity index (χ0n) is 11.7. The molecule has 0 bridgehead atoms. The Kier molecular flexibility index (Phi) is 6.10. The van der Waals surface area contributed by atoms with Crippen LogP contribution in [-0.2, 0) is 0 Å². The lowest BCUT2D eigenvalue weighted by Gasteiger charge is -2.16. The highest BCUT2D eigenvalue weighted by Crippen LogP contribution is 2.32. The number of benzene rings is 1. The Labute approximate surface area is 125 Å². The molecule has 0 aromatic heterocycles. The second kappa shape index (κ2) is 7.36. The molecule has 1 aromatic rings. The van der Waals surface area contributed by atoms with Crippen LogP contribution in [0.4, 0.5) is 0 Å². The molecule has 1 atom stereocenters. The number of nitrogens with two attached hydrogens (primary N) is 1. The van der Waals surface area contributed by atoms with Gasteiger partial charge in [0.2, 0.25) is 0 Å². The monoisotopic (exact) mass is 300 g/mol. The second-order valence-electron chi connectivity index (χ2n) is 4.72. The van der Waals surface area contributed by atoms with Crippen molar-refractivity contribution in [3.63, 3.8) is 0 Å². The van der Waals surface area contributed by atoms with E-state index in [0.717, 1.165) is 12.8 Å². The SMILES string of the molecule is COc1ccc(C(=O)NC(CN)C2CC2)cc1OC.Cl. The summed E-state index contributed by atoms with van der Waals surface area (Å²) >= 11 is 0. The van der Waals surface area contributed by atoms with Gasteiger partial charge in [-0.15, -0.1) is 12.4 Å². The lowest BCUT2D eigenvalue weighted by Crippen LogP contribution is -2.41. The van der Waals surface area contributed by atoms with Gasteiger partial charge >= 0.3 is 0 Å². The first-order chi connectivity index (χ1) is 9.19. The molecular weight excluding hydrogens is 280 g/mol. The van der Waals surface area contributed by atoms with Gasteiger partial charge in [0.1, 0.15) is 0 Å². The quantitative estimate of drug-likeness (QED) is 0.837. The van der Waals surface area contributed by atoms with Crippen LogP contribution in [0.2, 0.25) is 0 Å². The number of carbonyl (C=O) groups is 1. The summed E-state index contributed by atoms with van der Waals surface area (Å²) in [5.41, 5.74) is 6.23. The van der Waals surface area contributed by atoms with Crippen molar-refractivity contribution in [2.45, 2.75) is 18.9 Å². The maximum atomic E-state index is 12.2. The van der Waals surface area contributed by atoms with Gasteiger partial charge < -0.3 is 20.5 Å². The lowest BCUT2D eigenvalue weighted by atomic mass is 10.1. The summed E-state index contributed by atoms with van der Waals surface area (Å²) in [6.07, 6.45) is 2.29. The third kappa shape index (κ3) is 3.77. The average Bonchev–Trinajstić information content (AvgIpc) is 3.28. The minimum Gasteiger partial charge on any atom is -0.493 e. The molecule has 1 aromatic carbocycles. The van der Waals surface area contributed by atoms with Crippen molar-refractivity contribution < 1.29 is 14.3 Å². The summed E-state index contributed by atoms with van der Waals surface area (Å²) < 4.78 is 10.3. The first kappa shape index (κ1) is 16.6. The molecule has 0 radical (unpaired) electrons.